The molecule has 1 saturated heterocycles. The highest BCUT2D eigenvalue weighted by molar-refractivity contribution is 5.90. The second-order valence-corrected chi connectivity index (χ2v) is 5.73. The van der Waals surface area contributed by atoms with E-state index in [0.717, 1.165) is 25.0 Å². The highest BCUT2D eigenvalue weighted by Gasteiger charge is 2.16. The average molecular weight is 334 g/mol. The third kappa shape index (κ3) is 4.36. The zero-order valence-corrected chi connectivity index (χ0v) is 13.4. The Kier molecular flexibility index (Phi) is 5.17. The fourth-order valence-electron chi connectivity index (χ4n) is 2.53. The lowest BCUT2D eigenvalue weighted by atomic mass is 10.2. The van der Waals surface area contributed by atoms with Gasteiger partial charge in [-0.3, -0.25) is 4.79 Å². The van der Waals surface area contributed by atoms with E-state index in [4.69, 9.17) is 9.47 Å². The number of anilines is 1. The SMILES string of the molecule is Cc1cc(F)cc(-n2cc(NC(=O)COCC3CCCO3)nn2)c1. The topological polar surface area (TPSA) is 78.3 Å². The predicted molar refractivity (Wildman–Crippen MR) is 84.5 cm³/mol. The molecular weight excluding hydrogens is 315 g/mol. The van der Waals surface area contributed by atoms with Gasteiger partial charge in [0.1, 0.15) is 12.4 Å². The standard InChI is InChI=1S/C16H19FN4O3/c1-11-5-12(17)7-13(6-11)21-8-15(19-20-21)18-16(22)10-23-9-14-3-2-4-24-14/h5-8,14H,2-4,9-10H2,1H3,(H,18,22). The van der Waals surface area contributed by atoms with Crippen LogP contribution in [0.4, 0.5) is 10.2 Å². The van der Waals surface area contributed by atoms with Gasteiger partial charge in [0.2, 0.25) is 0 Å². The number of hydrogen-bond acceptors (Lipinski definition) is 5. The van der Waals surface area contributed by atoms with Gasteiger partial charge in [0.05, 0.1) is 24.6 Å². The number of carbonyl (C=O) groups is 1. The molecule has 0 bridgehead atoms. The molecule has 0 radical (unpaired) electrons. The lowest BCUT2D eigenvalue weighted by Gasteiger charge is -2.09. The summed E-state index contributed by atoms with van der Waals surface area (Å²) < 4.78 is 25.6. The van der Waals surface area contributed by atoms with Crippen LogP contribution in [0.3, 0.4) is 0 Å². The molecule has 1 amide bonds. The first-order valence-electron chi connectivity index (χ1n) is 7.79. The molecule has 0 spiro atoms. The molecule has 0 aliphatic carbocycles. The zero-order valence-electron chi connectivity index (χ0n) is 13.4. The summed E-state index contributed by atoms with van der Waals surface area (Å²) in [7, 11) is 0. The van der Waals surface area contributed by atoms with Gasteiger partial charge in [0, 0.05) is 6.61 Å². The first kappa shape index (κ1) is 16.5. The van der Waals surface area contributed by atoms with Gasteiger partial charge >= 0.3 is 0 Å². The molecule has 1 aromatic heterocycles. The smallest absolute Gasteiger partial charge is 0.251 e. The number of hydrogen-bond donors (Lipinski definition) is 1. The Balaban J connectivity index is 1.52. The quantitative estimate of drug-likeness (QED) is 0.872. The highest BCUT2D eigenvalue weighted by atomic mass is 19.1. The molecule has 128 valence electrons. The molecule has 0 saturated carbocycles. The molecule has 2 aromatic rings. The van der Waals surface area contributed by atoms with Crippen molar-refractivity contribution in [3.05, 3.63) is 35.8 Å². The molecule has 1 atom stereocenters. The summed E-state index contributed by atoms with van der Waals surface area (Å²) in [5, 5.41) is 10.3. The van der Waals surface area contributed by atoms with E-state index in [9.17, 15) is 9.18 Å². The number of aromatic nitrogens is 3. The Morgan fingerprint density at radius 2 is 2.38 bits per heavy atom. The van der Waals surface area contributed by atoms with Gasteiger partial charge in [-0.05, 0) is 43.5 Å². The summed E-state index contributed by atoms with van der Waals surface area (Å²) in [6.07, 6.45) is 3.59. The molecule has 1 aromatic carbocycles. The van der Waals surface area contributed by atoms with Gasteiger partial charge in [0.15, 0.2) is 5.82 Å². The van der Waals surface area contributed by atoms with Crippen LogP contribution in [-0.2, 0) is 14.3 Å². The minimum Gasteiger partial charge on any atom is -0.376 e. The number of rotatable bonds is 6. The molecule has 1 fully saturated rings. The van der Waals surface area contributed by atoms with Crippen LogP contribution in [0.2, 0.25) is 0 Å². The number of benzene rings is 1. The fourth-order valence-corrected chi connectivity index (χ4v) is 2.53. The van der Waals surface area contributed by atoms with Crippen LogP contribution in [-0.4, -0.2) is 46.8 Å². The van der Waals surface area contributed by atoms with Crippen LogP contribution in [0, 0.1) is 12.7 Å². The first-order chi connectivity index (χ1) is 11.6. The van der Waals surface area contributed by atoms with E-state index >= 15 is 0 Å². The maximum absolute atomic E-state index is 13.4. The number of aryl methyl sites for hydroxylation is 1. The summed E-state index contributed by atoms with van der Waals surface area (Å²) in [5.41, 5.74) is 1.31. The number of nitrogens with zero attached hydrogens (tertiary/aromatic N) is 3. The molecule has 3 rings (SSSR count). The summed E-state index contributed by atoms with van der Waals surface area (Å²) >= 11 is 0. The number of nitrogens with one attached hydrogen (secondary N) is 1. The Hall–Kier alpha value is -2.32. The normalized spacial score (nSPS) is 17.2. The number of ether oxygens (including phenoxy) is 2. The van der Waals surface area contributed by atoms with Crippen molar-refractivity contribution in [3.8, 4) is 5.69 Å². The van der Waals surface area contributed by atoms with E-state index < -0.39 is 0 Å². The lowest BCUT2D eigenvalue weighted by molar-refractivity contribution is -0.121. The maximum atomic E-state index is 13.4. The monoisotopic (exact) mass is 334 g/mol. The number of halogens is 1. The minimum atomic E-state index is -0.353. The van der Waals surface area contributed by atoms with Crippen LogP contribution in [0.5, 0.6) is 0 Å². The van der Waals surface area contributed by atoms with Gasteiger partial charge in [-0.2, -0.15) is 0 Å². The molecule has 2 heterocycles. The van der Waals surface area contributed by atoms with E-state index in [1.807, 2.05) is 0 Å². The molecule has 7 nitrogen and oxygen atoms in total. The molecule has 1 aliphatic rings. The molecule has 1 aliphatic heterocycles. The van der Waals surface area contributed by atoms with E-state index in [1.165, 1.54) is 23.0 Å². The number of amides is 1. The van der Waals surface area contributed by atoms with Crippen molar-refractivity contribution in [2.45, 2.75) is 25.9 Å². The van der Waals surface area contributed by atoms with Crippen LogP contribution < -0.4 is 5.32 Å². The first-order valence-corrected chi connectivity index (χ1v) is 7.79. The average Bonchev–Trinajstić information content (AvgIpc) is 3.18. The Morgan fingerprint density at radius 1 is 1.50 bits per heavy atom. The fraction of sp³-hybridized carbons (Fsp3) is 0.438. The van der Waals surface area contributed by atoms with Crippen LogP contribution in [0.1, 0.15) is 18.4 Å². The van der Waals surface area contributed by atoms with Gasteiger partial charge in [0.25, 0.3) is 5.91 Å². The molecule has 8 heteroatoms. The predicted octanol–water partition coefficient (Wildman–Crippen LogP) is 1.85. The summed E-state index contributed by atoms with van der Waals surface area (Å²) in [6.45, 7) is 2.87. The summed E-state index contributed by atoms with van der Waals surface area (Å²) in [4.78, 5) is 11.8. The number of carbonyl (C=O) groups excluding carboxylic acids is 1. The second kappa shape index (κ2) is 7.50. The van der Waals surface area contributed by atoms with Gasteiger partial charge in [-0.15, -0.1) is 5.10 Å². The molecular formula is C16H19FN4O3. The second-order valence-electron chi connectivity index (χ2n) is 5.73. The lowest BCUT2D eigenvalue weighted by Crippen LogP contribution is -2.22. The van der Waals surface area contributed by atoms with Gasteiger partial charge in [-0.1, -0.05) is 5.21 Å². The van der Waals surface area contributed by atoms with Crippen molar-refractivity contribution in [2.75, 3.05) is 25.1 Å². The largest absolute Gasteiger partial charge is 0.376 e. The summed E-state index contributed by atoms with van der Waals surface area (Å²) in [5.74, 6) is -0.397. The Labute approximate surface area is 138 Å². The Bertz CT molecular complexity index is 693. The van der Waals surface area contributed by atoms with E-state index in [-0.39, 0.29) is 30.3 Å². The van der Waals surface area contributed by atoms with E-state index in [0.29, 0.717) is 12.3 Å². The van der Waals surface area contributed by atoms with Crippen molar-refractivity contribution in [2.24, 2.45) is 0 Å². The third-order valence-corrected chi connectivity index (χ3v) is 3.61. The van der Waals surface area contributed by atoms with Crippen molar-refractivity contribution in [1.29, 1.82) is 0 Å². The van der Waals surface area contributed by atoms with Crippen molar-refractivity contribution in [3.63, 3.8) is 0 Å². The van der Waals surface area contributed by atoms with Crippen LogP contribution >= 0.6 is 0 Å². The van der Waals surface area contributed by atoms with Crippen molar-refractivity contribution >= 4 is 11.7 Å². The third-order valence-electron chi connectivity index (χ3n) is 3.61. The molecule has 1 N–H and O–H groups in total. The van der Waals surface area contributed by atoms with Gasteiger partial charge < -0.3 is 14.8 Å². The highest BCUT2D eigenvalue weighted by Crippen LogP contribution is 2.14. The van der Waals surface area contributed by atoms with Crippen LogP contribution in [0.25, 0.3) is 5.69 Å². The van der Waals surface area contributed by atoms with Crippen molar-refractivity contribution in [1.82, 2.24) is 15.0 Å². The molecule has 24 heavy (non-hydrogen) atoms. The van der Waals surface area contributed by atoms with Gasteiger partial charge in [-0.25, -0.2) is 9.07 Å². The van der Waals surface area contributed by atoms with Crippen molar-refractivity contribution < 1.29 is 18.7 Å². The summed E-state index contributed by atoms with van der Waals surface area (Å²) in [6, 6.07) is 4.54. The zero-order chi connectivity index (χ0) is 16.9. The minimum absolute atomic E-state index is 0.0776. The Morgan fingerprint density at radius 3 is 3.12 bits per heavy atom. The molecule has 1 unspecified atom stereocenters. The maximum Gasteiger partial charge on any atom is 0.251 e. The van der Waals surface area contributed by atoms with Crippen LogP contribution in [0.15, 0.2) is 24.4 Å². The van der Waals surface area contributed by atoms with E-state index in [2.05, 4.69) is 15.6 Å². The van der Waals surface area contributed by atoms with E-state index in [1.54, 1.807) is 13.0 Å².